The molecular weight excluding hydrogens is 294 g/mol. The van der Waals surface area contributed by atoms with Crippen LogP contribution in [0.5, 0.6) is 11.5 Å². The second-order valence-electron chi connectivity index (χ2n) is 5.52. The first-order valence-electron chi connectivity index (χ1n) is 7.37. The third kappa shape index (κ3) is 3.18. The van der Waals surface area contributed by atoms with Gasteiger partial charge in [-0.3, -0.25) is 9.59 Å². The zero-order valence-corrected chi connectivity index (χ0v) is 12.7. The molecule has 1 aliphatic rings. The lowest BCUT2D eigenvalue weighted by atomic mass is 9.92. The van der Waals surface area contributed by atoms with Gasteiger partial charge in [0, 0.05) is 30.5 Å². The minimum absolute atomic E-state index is 0.0496. The molecule has 118 valence electrons. The molecule has 0 spiro atoms. The van der Waals surface area contributed by atoms with E-state index in [2.05, 4.69) is 0 Å². The summed E-state index contributed by atoms with van der Waals surface area (Å²) in [5.41, 5.74) is 7.81. The fourth-order valence-electron chi connectivity index (χ4n) is 2.74. The molecule has 5 heteroatoms. The van der Waals surface area contributed by atoms with E-state index >= 15 is 0 Å². The van der Waals surface area contributed by atoms with Crippen molar-refractivity contribution in [2.24, 2.45) is 0 Å². The molecule has 23 heavy (non-hydrogen) atoms. The fourth-order valence-corrected chi connectivity index (χ4v) is 2.74. The lowest BCUT2D eigenvalue weighted by Crippen LogP contribution is -2.12. The number of carbonyl (C=O) groups excluding carboxylic acids is 2. The van der Waals surface area contributed by atoms with Gasteiger partial charge in [0.1, 0.15) is 11.5 Å². The van der Waals surface area contributed by atoms with Gasteiger partial charge in [0.05, 0.1) is 12.2 Å². The molecule has 5 nitrogen and oxygen atoms in total. The fraction of sp³-hybridized carbons (Fsp3) is 0.222. The van der Waals surface area contributed by atoms with Crippen molar-refractivity contribution in [3.63, 3.8) is 0 Å². The second kappa shape index (κ2) is 6.12. The van der Waals surface area contributed by atoms with Crippen molar-refractivity contribution in [1.29, 1.82) is 0 Å². The quantitative estimate of drug-likeness (QED) is 0.406. The molecule has 1 atom stereocenters. The van der Waals surface area contributed by atoms with Crippen LogP contribution in [0.25, 0.3) is 0 Å². The summed E-state index contributed by atoms with van der Waals surface area (Å²) in [6.45, 7) is 1.76. The third-order valence-corrected chi connectivity index (χ3v) is 3.79. The molecule has 0 aromatic heterocycles. The number of ketones is 1. The van der Waals surface area contributed by atoms with E-state index < -0.39 is 5.97 Å². The number of Topliss-reactive ketones (excluding diaryl/α,β-unsaturated/α-hetero) is 1. The monoisotopic (exact) mass is 311 g/mol. The van der Waals surface area contributed by atoms with Gasteiger partial charge in [-0.2, -0.15) is 0 Å². The number of ether oxygens (including phenoxy) is 2. The van der Waals surface area contributed by atoms with Crippen LogP contribution in [0.3, 0.4) is 0 Å². The van der Waals surface area contributed by atoms with Gasteiger partial charge in [0.2, 0.25) is 0 Å². The average molecular weight is 311 g/mol. The number of carbonyl (C=O) groups is 2. The maximum atomic E-state index is 12.6. The summed E-state index contributed by atoms with van der Waals surface area (Å²) in [5, 5.41) is 0. The average Bonchev–Trinajstić information content (AvgIpc) is 2.89. The Labute approximate surface area is 134 Å². The summed E-state index contributed by atoms with van der Waals surface area (Å²) in [7, 11) is 0. The maximum Gasteiger partial charge on any atom is 0.308 e. The summed E-state index contributed by atoms with van der Waals surface area (Å²) in [6, 6.07) is 12.2. The van der Waals surface area contributed by atoms with Gasteiger partial charge in [-0.05, 0) is 30.3 Å². The topological polar surface area (TPSA) is 78.6 Å². The maximum absolute atomic E-state index is 12.6. The SMILES string of the molecule is CC(=O)Oc1ccccc1C(=O)C[C@@H]1COc2ccc(N)cc21. The Hall–Kier alpha value is -2.82. The van der Waals surface area contributed by atoms with Gasteiger partial charge in [-0.15, -0.1) is 0 Å². The first kappa shape index (κ1) is 15.1. The number of nitrogen functional groups attached to an aromatic ring is 1. The highest BCUT2D eigenvalue weighted by Gasteiger charge is 2.28. The number of rotatable bonds is 4. The minimum Gasteiger partial charge on any atom is -0.493 e. The van der Waals surface area contributed by atoms with Crippen LogP contribution in [-0.2, 0) is 4.79 Å². The smallest absolute Gasteiger partial charge is 0.308 e. The largest absolute Gasteiger partial charge is 0.493 e. The zero-order valence-electron chi connectivity index (χ0n) is 12.7. The summed E-state index contributed by atoms with van der Waals surface area (Å²) in [5.74, 6) is 0.465. The Bertz CT molecular complexity index is 769. The molecule has 0 saturated heterocycles. The van der Waals surface area contributed by atoms with E-state index in [1.54, 1.807) is 30.3 Å². The summed E-state index contributed by atoms with van der Waals surface area (Å²) in [6.07, 6.45) is 0.273. The molecule has 2 aromatic rings. The van der Waals surface area contributed by atoms with Crippen molar-refractivity contribution in [1.82, 2.24) is 0 Å². The van der Waals surface area contributed by atoms with Crippen LogP contribution in [0, 0.1) is 0 Å². The minimum atomic E-state index is -0.451. The van der Waals surface area contributed by atoms with Crippen LogP contribution in [0.2, 0.25) is 0 Å². The van der Waals surface area contributed by atoms with Gasteiger partial charge in [-0.1, -0.05) is 12.1 Å². The van der Waals surface area contributed by atoms with Crippen LogP contribution in [0.1, 0.15) is 35.2 Å². The van der Waals surface area contributed by atoms with E-state index in [4.69, 9.17) is 15.2 Å². The number of benzene rings is 2. The van der Waals surface area contributed by atoms with Gasteiger partial charge >= 0.3 is 5.97 Å². The second-order valence-corrected chi connectivity index (χ2v) is 5.52. The van der Waals surface area contributed by atoms with Crippen molar-refractivity contribution >= 4 is 17.4 Å². The van der Waals surface area contributed by atoms with E-state index in [0.29, 0.717) is 17.9 Å². The first-order chi connectivity index (χ1) is 11.0. The number of esters is 1. The van der Waals surface area contributed by atoms with Crippen LogP contribution in [-0.4, -0.2) is 18.4 Å². The Morgan fingerprint density at radius 1 is 1.26 bits per heavy atom. The molecule has 0 fully saturated rings. The molecule has 1 aliphatic heterocycles. The Kier molecular flexibility index (Phi) is 4.02. The number of nitrogens with two attached hydrogens (primary N) is 1. The molecule has 0 amide bonds. The standard InChI is InChI=1S/C18H17NO4/c1-11(20)23-18-5-3-2-4-14(18)16(21)8-12-10-22-17-7-6-13(19)9-15(12)17/h2-7,9,12H,8,10,19H2,1H3/t12-/m1/s1. The lowest BCUT2D eigenvalue weighted by molar-refractivity contribution is -0.131. The molecule has 3 rings (SSSR count). The van der Waals surface area contributed by atoms with Gasteiger partial charge in [0.15, 0.2) is 5.78 Å². The molecule has 2 N–H and O–H groups in total. The highest BCUT2D eigenvalue weighted by Crippen LogP contribution is 2.38. The van der Waals surface area contributed by atoms with Crippen molar-refractivity contribution in [2.75, 3.05) is 12.3 Å². The van der Waals surface area contributed by atoms with E-state index in [1.165, 1.54) is 6.92 Å². The predicted octanol–water partition coefficient (Wildman–Crippen LogP) is 2.94. The molecule has 0 saturated carbocycles. The third-order valence-electron chi connectivity index (χ3n) is 3.79. The Morgan fingerprint density at radius 3 is 2.83 bits per heavy atom. The van der Waals surface area contributed by atoms with Crippen molar-refractivity contribution in [2.45, 2.75) is 19.3 Å². The molecule has 2 aromatic carbocycles. The molecule has 0 aliphatic carbocycles. The number of anilines is 1. The highest BCUT2D eigenvalue weighted by atomic mass is 16.5. The van der Waals surface area contributed by atoms with Crippen LogP contribution < -0.4 is 15.2 Å². The van der Waals surface area contributed by atoms with Crippen molar-refractivity contribution < 1.29 is 19.1 Å². The first-order valence-corrected chi connectivity index (χ1v) is 7.37. The number of fused-ring (bicyclic) bond motifs is 1. The number of hydrogen-bond acceptors (Lipinski definition) is 5. The lowest BCUT2D eigenvalue weighted by Gasteiger charge is -2.11. The predicted molar refractivity (Wildman–Crippen MR) is 85.8 cm³/mol. The van der Waals surface area contributed by atoms with Gasteiger partial charge < -0.3 is 15.2 Å². The highest BCUT2D eigenvalue weighted by molar-refractivity contribution is 5.99. The molecule has 0 bridgehead atoms. The normalized spacial score (nSPS) is 15.6. The van der Waals surface area contributed by atoms with Crippen LogP contribution >= 0.6 is 0 Å². The van der Waals surface area contributed by atoms with Gasteiger partial charge in [-0.25, -0.2) is 0 Å². The van der Waals surface area contributed by atoms with E-state index in [9.17, 15) is 9.59 Å². The van der Waals surface area contributed by atoms with Crippen LogP contribution in [0.4, 0.5) is 5.69 Å². The Morgan fingerprint density at radius 2 is 2.04 bits per heavy atom. The number of hydrogen-bond donors (Lipinski definition) is 1. The van der Waals surface area contributed by atoms with Gasteiger partial charge in [0.25, 0.3) is 0 Å². The van der Waals surface area contributed by atoms with E-state index in [-0.39, 0.29) is 23.9 Å². The van der Waals surface area contributed by atoms with E-state index in [0.717, 1.165) is 11.3 Å². The Balaban J connectivity index is 1.82. The van der Waals surface area contributed by atoms with Crippen molar-refractivity contribution in [3.05, 3.63) is 53.6 Å². The molecule has 0 radical (unpaired) electrons. The van der Waals surface area contributed by atoms with Crippen molar-refractivity contribution in [3.8, 4) is 11.5 Å². The summed E-state index contributed by atoms with van der Waals surface area (Å²) < 4.78 is 10.7. The number of para-hydroxylation sites is 1. The zero-order chi connectivity index (χ0) is 16.4. The molecule has 1 heterocycles. The molecule has 0 unspecified atom stereocenters. The molecular formula is C18H17NO4. The van der Waals surface area contributed by atoms with E-state index in [1.807, 2.05) is 12.1 Å². The summed E-state index contributed by atoms with van der Waals surface area (Å²) >= 11 is 0. The van der Waals surface area contributed by atoms with Crippen LogP contribution in [0.15, 0.2) is 42.5 Å². The summed E-state index contributed by atoms with van der Waals surface area (Å²) in [4.78, 5) is 23.8.